The van der Waals surface area contributed by atoms with Gasteiger partial charge in [0.05, 0.1) is 0 Å². The van der Waals surface area contributed by atoms with E-state index < -0.39 is 28.8 Å². The summed E-state index contributed by atoms with van der Waals surface area (Å²) in [6, 6.07) is 0.571. The molecule has 0 aliphatic heterocycles. The van der Waals surface area contributed by atoms with Crippen molar-refractivity contribution in [1.29, 1.82) is 0 Å². The molecule has 1 aliphatic rings. The predicted octanol–water partition coefficient (Wildman–Crippen LogP) is 3.20. The van der Waals surface area contributed by atoms with E-state index in [-0.39, 0.29) is 10.8 Å². The quantitative estimate of drug-likeness (QED) is 0.780. The van der Waals surface area contributed by atoms with Gasteiger partial charge in [0, 0.05) is 22.9 Å². The number of hydrogen-bond donors (Lipinski definition) is 0. The third-order valence-corrected chi connectivity index (χ3v) is 5.71. The number of rotatable bonds is 5. The number of aromatic nitrogens is 1. The lowest BCUT2D eigenvalue weighted by Crippen LogP contribution is -2.45. The van der Waals surface area contributed by atoms with Crippen LogP contribution in [0.15, 0.2) is 27.8 Å². The number of nitrogens with zero attached hydrogens (tertiary/aromatic N) is 2. The first-order valence-electron chi connectivity index (χ1n) is 6.30. The Labute approximate surface area is 129 Å². The van der Waals surface area contributed by atoms with Gasteiger partial charge in [-0.1, -0.05) is 0 Å². The molecule has 0 saturated heterocycles. The van der Waals surface area contributed by atoms with Gasteiger partial charge in [-0.15, -0.1) is 0 Å². The second-order valence-electron chi connectivity index (χ2n) is 5.08. The second-order valence-corrected chi connectivity index (χ2v) is 7.89. The zero-order valence-corrected chi connectivity index (χ0v) is 13.5. The highest BCUT2D eigenvalue weighted by Gasteiger charge is 2.44. The molecule has 21 heavy (non-hydrogen) atoms. The molecule has 0 amide bonds. The van der Waals surface area contributed by atoms with E-state index in [2.05, 4.69) is 20.9 Å². The summed E-state index contributed by atoms with van der Waals surface area (Å²) in [4.78, 5) is 3.47. The number of sulfonamides is 1. The van der Waals surface area contributed by atoms with E-state index in [1.165, 1.54) is 19.2 Å². The smallest absolute Gasteiger partial charge is 0.262 e. The topological polar surface area (TPSA) is 50.3 Å². The first-order chi connectivity index (χ1) is 9.61. The van der Waals surface area contributed by atoms with Crippen molar-refractivity contribution in [2.45, 2.75) is 36.9 Å². The van der Waals surface area contributed by atoms with Gasteiger partial charge in [0.25, 0.3) is 0 Å². The molecule has 1 unspecified atom stereocenters. The summed E-state index contributed by atoms with van der Waals surface area (Å²) < 4.78 is 64.2. The maximum Gasteiger partial charge on any atom is 0.402 e. The van der Waals surface area contributed by atoms with Crippen LogP contribution in [-0.2, 0) is 10.0 Å². The van der Waals surface area contributed by atoms with Gasteiger partial charge in [-0.25, -0.2) is 8.42 Å². The molecule has 0 radical (unpaired) electrons. The minimum atomic E-state index is -4.59. The summed E-state index contributed by atoms with van der Waals surface area (Å²) in [6.45, 7) is 0.0336. The molecular weight excluding hydrogens is 373 g/mol. The molecule has 2 rings (SSSR count). The van der Waals surface area contributed by atoms with Crippen LogP contribution >= 0.6 is 15.9 Å². The number of halogens is 4. The lowest BCUT2D eigenvalue weighted by atomic mass is 10.2. The van der Waals surface area contributed by atoms with Gasteiger partial charge in [0.2, 0.25) is 10.0 Å². The normalized spacial score (nSPS) is 18.0. The molecule has 0 N–H and O–H groups in total. The summed E-state index contributed by atoms with van der Waals surface area (Å²) in [5, 5.41) is 0. The van der Waals surface area contributed by atoms with E-state index in [9.17, 15) is 21.6 Å². The van der Waals surface area contributed by atoms with Gasteiger partial charge in [-0.05, 0) is 47.7 Å². The monoisotopic (exact) mass is 386 g/mol. The molecule has 118 valence electrons. The largest absolute Gasteiger partial charge is 0.402 e. The van der Waals surface area contributed by atoms with Gasteiger partial charge in [0.1, 0.15) is 11.4 Å². The maximum atomic E-state index is 12.7. The second kappa shape index (κ2) is 5.85. The van der Waals surface area contributed by atoms with E-state index in [1.807, 2.05) is 0 Å². The van der Waals surface area contributed by atoms with Crippen molar-refractivity contribution in [3.63, 3.8) is 0 Å². The molecule has 1 aromatic rings. The average Bonchev–Trinajstić information content (AvgIpc) is 3.18. The minimum absolute atomic E-state index is 0.0118. The Kier molecular flexibility index (Phi) is 4.65. The van der Waals surface area contributed by atoms with Crippen molar-refractivity contribution in [2.24, 2.45) is 5.92 Å². The summed E-state index contributed by atoms with van der Waals surface area (Å²) in [7, 11) is -4.24. The van der Waals surface area contributed by atoms with Crippen molar-refractivity contribution >= 4 is 26.0 Å². The molecule has 0 spiro atoms. The maximum absolute atomic E-state index is 12.7. The van der Waals surface area contributed by atoms with Crippen molar-refractivity contribution in [3.05, 3.63) is 22.9 Å². The molecule has 0 bridgehead atoms. The standard InChI is InChI=1S/C12H14BrF3N2O2S/c1-8(9-2-3-9)18(7-12(14,15)16)21(19,20)11-4-10(13)5-17-6-11/h4-6,8-9H,2-3,7H2,1H3. The van der Waals surface area contributed by atoms with Crippen molar-refractivity contribution in [3.8, 4) is 0 Å². The van der Waals surface area contributed by atoms with Crippen LogP contribution in [0, 0.1) is 5.92 Å². The fraction of sp³-hybridized carbons (Fsp3) is 0.583. The Morgan fingerprint density at radius 2 is 2.05 bits per heavy atom. The molecule has 9 heteroatoms. The molecule has 1 aromatic heterocycles. The third kappa shape index (κ3) is 4.17. The first-order valence-corrected chi connectivity index (χ1v) is 8.54. The average molecular weight is 387 g/mol. The zero-order chi connectivity index (χ0) is 15.8. The number of alkyl halides is 3. The van der Waals surface area contributed by atoms with E-state index in [4.69, 9.17) is 0 Å². The Bertz CT molecular complexity index is 617. The fourth-order valence-corrected chi connectivity index (χ4v) is 4.29. The molecule has 1 saturated carbocycles. The third-order valence-electron chi connectivity index (χ3n) is 3.38. The molecule has 4 nitrogen and oxygen atoms in total. The van der Waals surface area contributed by atoms with Crippen molar-refractivity contribution < 1.29 is 21.6 Å². The van der Waals surface area contributed by atoms with Crippen LogP contribution in [0.3, 0.4) is 0 Å². The summed E-state index contributed by atoms with van der Waals surface area (Å²) in [5.74, 6) is -0.0118. The SMILES string of the molecule is CC(C1CC1)N(CC(F)(F)F)S(=O)(=O)c1cncc(Br)c1. The van der Waals surface area contributed by atoms with E-state index >= 15 is 0 Å². The highest BCUT2D eigenvalue weighted by molar-refractivity contribution is 9.10. The summed E-state index contributed by atoms with van der Waals surface area (Å²) in [6.07, 6.45) is -0.653. The van der Waals surface area contributed by atoms with Gasteiger partial charge in [0.15, 0.2) is 0 Å². The van der Waals surface area contributed by atoms with E-state index in [0.29, 0.717) is 8.78 Å². The minimum Gasteiger partial charge on any atom is -0.262 e. The number of hydrogen-bond acceptors (Lipinski definition) is 3. The van der Waals surface area contributed by atoms with E-state index in [0.717, 1.165) is 19.0 Å². The van der Waals surface area contributed by atoms with Gasteiger partial charge < -0.3 is 0 Å². The molecule has 0 aromatic carbocycles. The van der Waals surface area contributed by atoms with Gasteiger partial charge in [-0.2, -0.15) is 17.5 Å². The summed E-state index contributed by atoms with van der Waals surface area (Å²) in [5.41, 5.74) is 0. The highest BCUT2D eigenvalue weighted by Crippen LogP contribution is 2.38. The Balaban J connectivity index is 2.38. The molecular formula is C12H14BrF3N2O2S. The lowest BCUT2D eigenvalue weighted by Gasteiger charge is -2.29. The van der Waals surface area contributed by atoms with Crippen LogP contribution in [0.4, 0.5) is 13.2 Å². The molecule has 1 atom stereocenters. The van der Waals surface area contributed by atoms with Crippen LogP contribution in [0.5, 0.6) is 0 Å². The Hall–Kier alpha value is -0.670. The van der Waals surface area contributed by atoms with Crippen LogP contribution in [-0.4, -0.2) is 36.5 Å². The fourth-order valence-electron chi connectivity index (χ4n) is 2.11. The van der Waals surface area contributed by atoms with Crippen molar-refractivity contribution in [1.82, 2.24) is 9.29 Å². The van der Waals surface area contributed by atoms with Crippen LogP contribution in [0.2, 0.25) is 0 Å². The predicted molar refractivity (Wildman–Crippen MR) is 74.1 cm³/mol. The first kappa shape index (κ1) is 16.7. The Morgan fingerprint density at radius 3 is 2.52 bits per heavy atom. The zero-order valence-electron chi connectivity index (χ0n) is 11.1. The molecule has 1 fully saturated rings. The van der Waals surface area contributed by atoms with E-state index in [1.54, 1.807) is 0 Å². The number of pyridine rings is 1. The molecule has 1 heterocycles. The summed E-state index contributed by atoms with van der Waals surface area (Å²) >= 11 is 3.08. The van der Waals surface area contributed by atoms with Gasteiger partial charge >= 0.3 is 6.18 Å². The lowest BCUT2D eigenvalue weighted by molar-refractivity contribution is -0.139. The highest BCUT2D eigenvalue weighted by atomic mass is 79.9. The van der Waals surface area contributed by atoms with Gasteiger partial charge in [-0.3, -0.25) is 4.98 Å². The van der Waals surface area contributed by atoms with Crippen LogP contribution < -0.4 is 0 Å². The van der Waals surface area contributed by atoms with Crippen LogP contribution in [0.1, 0.15) is 19.8 Å². The molecule has 1 aliphatic carbocycles. The van der Waals surface area contributed by atoms with Crippen LogP contribution in [0.25, 0.3) is 0 Å². The Morgan fingerprint density at radius 1 is 1.43 bits per heavy atom. The van der Waals surface area contributed by atoms with Crippen molar-refractivity contribution in [2.75, 3.05) is 6.54 Å².